The lowest BCUT2D eigenvalue weighted by Crippen LogP contribution is -2.49. The van der Waals surface area contributed by atoms with Gasteiger partial charge in [0.15, 0.2) is 0 Å². The Balaban J connectivity index is 1.66. The molecule has 1 atom stereocenters. The lowest BCUT2D eigenvalue weighted by atomic mass is 10.0. The molecule has 0 N–H and O–H groups in total. The van der Waals surface area contributed by atoms with Crippen molar-refractivity contribution in [2.75, 3.05) is 25.0 Å². The SMILES string of the molecule is CN(C(=O)C1CC1)C1CCCN(c2ncc(Br)cn2)C1. The first kappa shape index (κ1) is 13.8. The number of amides is 1. The van der Waals surface area contributed by atoms with E-state index >= 15 is 0 Å². The van der Waals surface area contributed by atoms with E-state index in [0.717, 1.165) is 49.2 Å². The fraction of sp³-hybridized carbons (Fsp3) is 0.643. The van der Waals surface area contributed by atoms with Gasteiger partial charge in [0.2, 0.25) is 11.9 Å². The lowest BCUT2D eigenvalue weighted by molar-refractivity contribution is -0.133. The number of piperidine rings is 1. The Morgan fingerprint density at radius 3 is 2.70 bits per heavy atom. The first-order valence-electron chi connectivity index (χ1n) is 7.14. The number of rotatable bonds is 3. The zero-order valence-electron chi connectivity index (χ0n) is 11.6. The lowest BCUT2D eigenvalue weighted by Gasteiger charge is -2.37. The van der Waals surface area contributed by atoms with Crippen LogP contribution in [0.15, 0.2) is 16.9 Å². The van der Waals surface area contributed by atoms with Crippen LogP contribution in [-0.2, 0) is 4.79 Å². The molecule has 0 aromatic carbocycles. The first-order valence-corrected chi connectivity index (χ1v) is 7.93. The molecule has 2 aliphatic rings. The Labute approximate surface area is 127 Å². The number of anilines is 1. The monoisotopic (exact) mass is 338 g/mol. The van der Waals surface area contributed by atoms with E-state index in [0.29, 0.717) is 11.8 Å². The smallest absolute Gasteiger partial charge is 0.225 e. The van der Waals surface area contributed by atoms with Gasteiger partial charge in [-0.2, -0.15) is 0 Å². The molecule has 1 saturated carbocycles. The van der Waals surface area contributed by atoms with Crippen LogP contribution in [0.5, 0.6) is 0 Å². The first-order chi connectivity index (χ1) is 9.65. The number of halogens is 1. The molecule has 2 heterocycles. The summed E-state index contributed by atoms with van der Waals surface area (Å²) in [5.41, 5.74) is 0. The molecule has 108 valence electrons. The van der Waals surface area contributed by atoms with Crippen LogP contribution in [0, 0.1) is 5.92 Å². The van der Waals surface area contributed by atoms with E-state index in [-0.39, 0.29) is 6.04 Å². The summed E-state index contributed by atoms with van der Waals surface area (Å²) in [7, 11) is 1.94. The van der Waals surface area contributed by atoms with Crippen molar-refractivity contribution < 1.29 is 4.79 Å². The van der Waals surface area contributed by atoms with Crippen LogP contribution < -0.4 is 4.90 Å². The molecule has 1 unspecified atom stereocenters. The third-order valence-corrected chi connectivity index (χ3v) is 4.52. The second-order valence-electron chi connectivity index (χ2n) is 5.67. The molecule has 6 heteroatoms. The van der Waals surface area contributed by atoms with Crippen molar-refractivity contribution >= 4 is 27.8 Å². The van der Waals surface area contributed by atoms with Gasteiger partial charge in [-0.3, -0.25) is 4.79 Å². The van der Waals surface area contributed by atoms with Crippen molar-refractivity contribution in [1.29, 1.82) is 0 Å². The van der Waals surface area contributed by atoms with Crippen molar-refractivity contribution in [3.05, 3.63) is 16.9 Å². The number of carbonyl (C=O) groups excluding carboxylic acids is 1. The van der Waals surface area contributed by atoms with Gasteiger partial charge in [0, 0.05) is 44.5 Å². The summed E-state index contributed by atoms with van der Waals surface area (Å²) in [6.07, 6.45) is 7.81. The summed E-state index contributed by atoms with van der Waals surface area (Å²) in [5, 5.41) is 0. The Kier molecular flexibility index (Phi) is 3.92. The Hall–Kier alpha value is -1.17. The van der Waals surface area contributed by atoms with Crippen molar-refractivity contribution in [2.45, 2.75) is 31.7 Å². The Morgan fingerprint density at radius 2 is 2.05 bits per heavy atom. The van der Waals surface area contributed by atoms with Gasteiger partial charge < -0.3 is 9.80 Å². The Bertz CT molecular complexity index is 488. The Morgan fingerprint density at radius 1 is 1.35 bits per heavy atom. The topological polar surface area (TPSA) is 49.3 Å². The summed E-state index contributed by atoms with van der Waals surface area (Å²) in [6, 6.07) is 0.282. The van der Waals surface area contributed by atoms with Crippen molar-refractivity contribution in [3.63, 3.8) is 0 Å². The molecule has 1 aromatic rings. The normalized spacial score (nSPS) is 22.7. The van der Waals surface area contributed by atoms with Crippen LogP contribution in [0.4, 0.5) is 5.95 Å². The number of hydrogen-bond acceptors (Lipinski definition) is 4. The van der Waals surface area contributed by atoms with Gasteiger partial charge >= 0.3 is 0 Å². The predicted octanol–water partition coefficient (Wildman–Crippen LogP) is 2.08. The van der Waals surface area contributed by atoms with Crippen LogP contribution in [0.1, 0.15) is 25.7 Å². The second-order valence-corrected chi connectivity index (χ2v) is 6.58. The van der Waals surface area contributed by atoms with Crippen molar-refractivity contribution in [3.8, 4) is 0 Å². The van der Waals surface area contributed by atoms with E-state index in [4.69, 9.17) is 0 Å². The molecule has 2 fully saturated rings. The summed E-state index contributed by atoms with van der Waals surface area (Å²) >= 11 is 3.35. The molecule has 3 rings (SSSR count). The average Bonchev–Trinajstić information content (AvgIpc) is 3.31. The zero-order chi connectivity index (χ0) is 14.1. The van der Waals surface area contributed by atoms with Crippen LogP contribution in [0.3, 0.4) is 0 Å². The summed E-state index contributed by atoms with van der Waals surface area (Å²) in [4.78, 5) is 25.0. The van der Waals surface area contributed by atoms with E-state index in [1.54, 1.807) is 12.4 Å². The fourth-order valence-corrected chi connectivity index (χ4v) is 2.92. The minimum Gasteiger partial charge on any atom is -0.341 e. The van der Waals surface area contributed by atoms with Crippen LogP contribution in [0.2, 0.25) is 0 Å². The van der Waals surface area contributed by atoms with E-state index in [9.17, 15) is 4.79 Å². The number of carbonyl (C=O) groups is 1. The molecule has 0 bridgehead atoms. The van der Waals surface area contributed by atoms with Gasteiger partial charge in [0.05, 0.1) is 4.47 Å². The highest BCUT2D eigenvalue weighted by molar-refractivity contribution is 9.10. The van der Waals surface area contributed by atoms with Gasteiger partial charge in [-0.25, -0.2) is 9.97 Å². The molecule has 1 aromatic heterocycles. The van der Waals surface area contributed by atoms with Crippen LogP contribution >= 0.6 is 15.9 Å². The van der Waals surface area contributed by atoms with Gasteiger partial charge in [-0.15, -0.1) is 0 Å². The molecule has 1 amide bonds. The fourth-order valence-electron chi connectivity index (χ4n) is 2.72. The molecule has 20 heavy (non-hydrogen) atoms. The standard InChI is InChI=1S/C14H19BrN4O/c1-18(13(20)10-4-5-10)12-3-2-6-19(9-12)14-16-7-11(15)8-17-14/h7-8,10,12H,2-6,9H2,1H3. The molecular weight excluding hydrogens is 320 g/mol. The van der Waals surface area contributed by atoms with E-state index in [2.05, 4.69) is 30.8 Å². The maximum atomic E-state index is 12.2. The minimum absolute atomic E-state index is 0.282. The number of aromatic nitrogens is 2. The molecule has 1 aliphatic carbocycles. The van der Waals surface area contributed by atoms with Crippen molar-refractivity contribution in [1.82, 2.24) is 14.9 Å². The summed E-state index contributed by atoms with van der Waals surface area (Å²) in [5.74, 6) is 1.36. The molecular formula is C14H19BrN4O. The van der Waals surface area contributed by atoms with Crippen LogP contribution in [0.25, 0.3) is 0 Å². The average molecular weight is 339 g/mol. The molecule has 5 nitrogen and oxygen atoms in total. The third kappa shape index (κ3) is 2.95. The van der Waals surface area contributed by atoms with Gasteiger partial charge in [0.25, 0.3) is 0 Å². The number of nitrogens with zero attached hydrogens (tertiary/aromatic N) is 4. The molecule has 0 spiro atoms. The van der Waals surface area contributed by atoms with Crippen molar-refractivity contribution in [2.24, 2.45) is 5.92 Å². The maximum Gasteiger partial charge on any atom is 0.225 e. The quantitative estimate of drug-likeness (QED) is 0.846. The van der Waals surface area contributed by atoms with Gasteiger partial charge in [-0.05, 0) is 41.6 Å². The highest BCUT2D eigenvalue weighted by atomic mass is 79.9. The van der Waals surface area contributed by atoms with Crippen LogP contribution in [-0.4, -0.2) is 47.0 Å². The predicted molar refractivity (Wildman–Crippen MR) is 80.5 cm³/mol. The minimum atomic E-state index is 0.282. The van der Waals surface area contributed by atoms with E-state index in [1.807, 2.05) is 11.9 Å². The number of likely N-dealkylation sites (N-methyl/N-ethyl adjacent to an activating group) is 1. The second kappa shape index (κ2) is 5.68. The van der Waals surface area contributed by atoms with Gasteiger partial charge in [0.1, 0.15) is 0 Å². The third-order valence-electron chi connectivity index (χ3n) is 4.11. The highest BCUT2D eigenvalue weighted by Gasteiger charge is 2.36. The summed E-state index contributed by atoms with van der Waals surface area (Å²) in [6.45, 7) is 1.79. The molecule has 0 radical (unpaired) electrons. The van der Waals surface area contributed by atoms with E-state index in [1.165, 1.54) is 0 Å². The highest BCUT2D eigenvalue weighted by Crippen LogP contribution is 2.32. The van der Waals surface area contributed by atoms with Gasteiger partial charge in [-0.1, -0.05) is 0 Å². The zero-order valence-corrected chi connectivity index (χ0v) is 13.2. The maximum absolute atomic E-state index is 12.2. The number of hydrogen-bond donors (Lipinski definition) is 0. The molecule has 1 saturated heterocycles. The summed E-state index contributed by atoms with van der Waals surface area (Å²) < 4.78 is 0.885. The molecule has 1 aliphatic heterocycles. The van der Waals surface area contributed by atoms with E-state index < -0.39 is 0 Å². The largest absolute Gasteiger partial charge is 0.341 e.